The molecule has 1 N–H and O–H groups in total. The van der Waals surface area contributed by atoms with Crippen LogP contribution in [-0.4, -0.2) is 0 Å². The van der Waals surface area contributed by atoms with E-state index in [1.165, 1.54) is 18.4 Å². The van der Waals surface area contributed by atoms with Crippen molar-refractivity contribution in [3.8, 4) is 0 Å². The first-order chi connectivity index (χ1) is 10.5. The van der Waals surface area contributed by atoms with E-state index in [0.717, 1.165) is 11.4 Å². The van der Waals surface area contributed by atoms with Gasteiger partial charge in [-0.15, -0.1) is 0 Å². The minimum atomic E-state index is 0.523. The van der Waals surface area contributed by atoms with Crippen LogP contribution in [0, 0.1) is 5.92 Å². The van der Waals surface area contributed by atoms with E-state index in [2.05, 4.69) is 44.3 Å². The van der Waals surface area contributed by atoms with Crippen LogP contribution in [0.1, 0.15) is 45.1 Å². The van der Waals surface area contributed by atoms with Gasteiger partial charge < -0.3 is 5.32 Å². The number of hydrogen-bond acceptors (Lipinski definition) is 1. The summed E-state index contributed by atoms with van der Waals surface area (Å²) in [4.78, 5) is 0. The lowest BCUT2D eigenvalue weighted by molar-refractivity contribution is 0.464. The van der Waals surface area contributed by atoms with Crippen molar-refractivity contribution in [1.82, 2.24) is 0 Å². The van der Waals surface area contributed by atoms with Gasteiger partial charge in [0.05, 0.1) is 15.7 Å². The number of para-hydroxylation sites is 2. The molecule has 1 nitrogen and oxygen atoms in total. The fourth-order valence-electron chi connectivity index (χ4n) is 2.85. The Bertz CT molecular complexity index is 602. The molecule has 0 aromatic heterocycles. The molecular formula is C19H23Cl2N. The van der Waals surface area contributed by atoms with Crippen LogP contribution >= 0.6 is 23.2 Å². The SMILES string of the molecule is CCCC(c1ccccc1Nc1c(Cl)cccc1Cl)C(C)C. The number of halogens is 2. The first kappa shape index (κ1) is 17.2. The van der Waals surface area contributed by atoms with Crippen LogP contribution in [0.15, 0.2) is 42.5 Å². The van der Waals surface area contributed by atoms with E-state index in [1.54, 1.807) is 0 Å². The molecule has 0 spiro atoms. The third kappa shape index (κ3) is 3.97. The predicted octanol–water partition coefficient (Wildman–Crippen LogP) is 7.28. The summed E-state index contributed by atoms with van der Waals surface area (Å²) in [5.74, 6) is 1.11. The van der Waals surface area contributed by atoms with Crippen LogP contribution in [0.3, 0.4) is 0 Å². The second-order valence-corrected chi connectivity index (χ2v) is 6.76. The molecule has 0 fully saturated rings. The van der Waals surface area contributed by atoms with E-state index < -0.39 is 0 Å². The summed E-state index contributed by atoms with van der Waals surface area (Å²) in [6.07, 6.45) is 2.34. The van der Waals surface area contributed by atoms with Crippen LogP contribution in [0.4, 0.5) is 11.4 Å². The molecule has 2 aromatic rings. The van der Waals surface area contributed by atoms with Crippen LogP contribution in [-0.2, 0) is 0 Å². The van der Waals surface area contributed by atoms with Crippen molar-refractivity contribution in [1.29, 1.82) is 0 Å². The summed E-state index contributed by atoms with van der Waals surface area (Å²) in [5, 5.41) is 4.71. The van der Waals surface area contributed by atoms with Crippen LogP contribution in [0.2, 0.25) is 10.0 Å². The number of nitrogens with one attached hydrogen (secondary N) is 1. The predicted molar refractivity (Wildman–Crippen MR) is 98.7 cm³/mol. The highest BCUT2D eigenvalue weighted by molar-refractivity contribution is 6.39. The van der Waals surface area contributed by atoms with Crippen LogP contribution < -0.4 is 5.32 Å². The summed E-state index contributed by atoms with van der Waals surface area (Å²) in [6.45, 7) is 6.79. The quantitative estimate of drug-likeness (QED) is 0.584. The van der Waals surface area contributed by atoms with Crippen molar-refractivity contribution < 1.29 is 0 Å². The van der Waals surface area contributed by atoms with Gasteiger partial charge in [-0.25, -0.2) is 0 Å². The topological polar surface area (TPSA) is 12.0 Å². The Labute approximate surface area is 143 Å². The summed E-state index contributed by atoms with van der Waals surface area (Å²) in [6, 6.07) is 14.0. The van der Waals surface area contributed by atoms with Crippen molar-refractivity contribution in [3.05, 3.63) is 58.1 Å². The van der Waals surface area contributed by atoms with Crippen LogP contribution in [0.25, 0.3) is 0 Å². The average Bonchev–Trinajstić information content (AvgIpc) is 2.49. The van der Waals surface area contributed by atoms with E-state index in [9.17, 15) is 0 Å². The summed E-state index contributed by atoms with van der Waals surface area (Å²) in [7, 11) is 0. The van der Waals surface area contributed by atoms with Crippen molar-refractivity contribution in [2.75, 3.05) is 5.32 Å². The van der Waals surface area contributed by atoms with Gasteiger partial charge in [0.1, 0.15) is 0 Å². The second-order valence-electron chi connectivity index (χ2n) is 5.95. The molecule has 0 amide bonds. The van der Waals surface area contributed by atoms with Gasteiger partial charge >= 0.3 is 0 Å². The van der Waals surface area contributed by atoms with E-state index in [4.69, 9.17) is 23.2 Å². The van der Waals surface area contributed by atoms with Gasteiger partial charge in [0, 0.05) is 5.69 Å². The Morgan fingerprint density at radius 2 is 1.59 bits per heavy atom. The molecule has 0 aliphatic heterocycles. The fraction of sp³-hybridized carbons (Fsp3) is 0.368. The Kier molecular flexibility index (Phi) is 6.16. The van der Waals surface area contributed by atoms with E-state index in [-0.39, 0.29) is 0 Å². The molecule has 0 radical (unpaired) electrons. The highest BCUT2D eigenvalue weighted by Crippen LogP contribution is 2.38. The van der Waals surface area contributed by atoms with Gasteiger partial charge in [-0.3, -0.25) is 0 Å². The van der Waals surface area contributed by atoms with Gasteiger partial charge in [0.2, 0.25) is 0 Å². The fourth-order valence-corrected chi connectivity index (χ4v) is 3.34. The summed E-state index contributed by atoms with van der Waals surface area (Å²) >= 11 is 12.6. The van der Waals surface area contributed by atoms with Gasteiger partial charge in [-0.2, -0.15) is 0 Å². The van der Waals surface area contributed by atoms with Crippen molar-refractivity contribution in [2.24, 2.45) is 5.92 Å². The van der Waals surface area contributed by atoms with Gasteiger partial charge in [-0.05, 0) is 42.0 Å². The number of hydrogen-bond donors (Lipinski definition) is 1. The number of benzene rings is 2. The normalized spacial score (nSPS) is 12.5. The molecule has 0 saturated heterocycles. The number of anilines is 2. The molecule has 1 unspecified atom stereocenters. The third-order valence-corrected chi connectivity index (χ3v) is 4.62. The van der Waals surface area contributed by atoms with E-state index in [0.29, 0.717) is 21.9 Å². The van der Waals surface area contributed by atoms with E-state index in [1.807, 2.05) is 24.3 Å². The highest BCUT2D eigenvalue weighted by atomic mass is 35.5. The van der Waals surface area contributed by atoms with E-state index >= 15 is 0 Å². The van der Waals surface area contributed by atoms with Gasteiger partial charge in [0.25, 0.3) is 0 Å². The molecule has 0 aliphatic carbocycles. The molecular weight excluding hydrogens is 313 g/mol. The molecule has 3 heteroatoms. The molecule has 118 valence electrons. The van der Waals surface area contributed by atoms with Crippen molar-refractivity contribution in [2.45, 2.75) is 39.5 Å². The zero-order valence-electron chi connectivity index (χ0n) is 13.4. The second kappa shape index (κ2) is 7.89. The lowest BCUT2D eigenvalue weighted by atomic mass is 9.84. The average molecular weight is 336 g/mol. The third-order valence-electron chi connectivity index (χ3n) is 3.99. The first-order valence-corrected chi connectivity index (χ1v) is 8.60. The first-order valence-electron chi connectivity index (χ1n) is 7.84. The maximum Gasteiger partial charge on any atom is 0.0762 e. The lowest BCUT2D eigenvalue weighted by Crippen LogP contribution is -2.09. The zero-order chi connectivity index (χ0) is 16.1. The minimum Gasteiger partial charge on any atom is -0.353 e. The monoisotopic (exact) mass is 335 g/mol. The molecule has 1 atom stereocenters. The molecule has 0 bridgehead atoms. The van der Waals surface area contributed by atoms with Crippen molar-refractivity contribution in [3.63, 3.8) is 0 Å². The Morgan fingerprint density at radius 1 is 0.955 bits per heavy atom. The largest absolute Gasteiger partial charge is 0.353 e. The standard InChI is InChI=1S/C19H23Cl2N/c1-4-8-14(13(2)3)15-9-5-6-12-18(15)22-19-16(20)10-7-11-17(19)21/h5-7,9-14,22H,4,8H2,1-3H3. The van der Waals surface area contributed by atoms with Gasteiger partial charge in [0.15, 0.2) is 0 Å². The smallest absolute Gasteiger partial charge is 0.0762 e. The Balaban J connectivity index is 2.40. The lowest BCUT2D eigenvalue weighted by Gasteiger charge is -2.24. The number of rotatable bonds is 6. The zero-order valence-corrected chi connectivity index (χ0v) is 14.9. The van der Waals surface area contributed by atoms with Crippen molar-refractivity contribution >= 4 is 34.6 Å². The molecule has 22 heavy (non-hydrogen) atoms. The van der Waals surface area contributed by atoms with Gasteiger partial charge in [-0.1, -0.05) is 74.7 Å². The Morgan fingerprint density at radius 3 is 2.18 bits per heavy atom. The highest BCUT2D eigenvalue weighted by Gasteiger charge is 2.18. The maximum atomic E-state index is 6.29. The minimum absolute atomic E-state index is 0.523. The molecule has 0 heterocycles. The molecule has 0 aliphatic rings. The van der Waals surface area contributed by atoms with Crippen LogP contribution in [0.5, 0.6) is 0 Å². The molecule has 2 rings (SSSR count). The summed E-state index contributed by atoms with van der Waals surface area (Å²) < 4.78 is 0. The maximum absolute atomic E-state index is 6.29. The molecule has 2 aromatic carbocycles. The molecule has 0 saturated carbocycles. The Hall–Kier alpha value is -1.18. The summed E-state index contributed by atoms with van der Waals surface area (Å²) in [5.41, 5.74) is 3.19.